The van der Waals surface area contributed by atoms with Crippen molar-refractivity contribution in [2.45, 2.75) is 44.4 Å². The van der Waals surface area contributed by atoms with Gasteiger partial charge in [-0.1, -0.05) is 6.92 Å². The summed E-state index contributed by atoms with van der Waals surface area (Å²) < 4.78 is 0. The van der Waals surface area contributed by atoms with Crippen molar-refractivity contribution in [2.24, 2.45) is 0 Å². The summed E-state index contributed by atoms with van der Waals surface area (Å²) in [6, 6.07) is 3.90. The predicted molar refractivity (Wildman–Crippen MR) is 85.4 cm³/mol. The zero-order valence-electron chi connectivity index (χ0n) is 12.2. The van der Waals surface area contributed by atoms with E-state index < -0.39 is 0 Å². The minimum atomic E-state index is 0.0127. The highest BCUT2D eigenvalue weighted by atomic mass is 32.2. The predicted octanol–water partition coefficient (Wildman–Crippen LogP) is 2.92. The number of pyridine rings is 1. The molecule has 1 saturated carbocycles. The lowest BCUT2D eigenvalue weighted by Gasteiger charge is -2.13. The largest absolute Gasteiger partial charge is 0.370 e. The second-order valence-electron chi connectivity index (χ2n) is 5.02. The Morgan fingerprint density at radius 1 is 1.45 bits per heavy atom. The first-order chi connectivity index (χ1) is 9.72. The highest BCUT2D eigenvalue weighted by molar-refractivity contribution is 7.99. The van der Waals surface area contributed by atoms with Crippen LogP contribution in [0.4, 0.5) is 5.82 Å². The number of aromatic nitrogens is 1. The van der Waals surface area contributed by atoms with Crippen molar-refractivity contribution in [3.05, 3.63) is 23.9 Å². The van der Waals surface area contributed by atoms with Gasteiger partial charge < -0.3 is 10.6 Å². The molecule has 1 aliphatic carbocycles. The van der Waals surface area contributed by atoms with Crippen molar-refractivity contribution in [1.29, 1.82) is 0 Å². The van der Waals surface area contributed by atoms with Crippen molar-refractivity contribution in [3.8, 4) is 0 Å². The Hall–Kier alpha value is -1.23. The molecule has 2 unspecified atom stereocenters. The summed E-state index contributed by atoms with van der Waals surface area (Å²) in [6.45, 7) is 5.00. The number of rotatable bonds is 6. The number of nitrogens with one attached hydrogen (secondary N) is 2. The second-order valence-corrected chi connectivity index (χ2v) is 6.60. The van der Waals surface area contributed by atoms with Crippen LogP contribution in [0.15, 0.2) is 18.3 Å². The van der Waals surface area contributed by atoms with Gasteiger partial charge in [0.1, 0.15) is 5.82 Å². The number of nitrogens with zero attached hydrogens (tertiary/aromatic N) is 1. The standard InChI is InChI=1S/C15H23N3OS/c1-3-16-14-9-11(7-8-17-14)15(19)18-12-5-6-13(10-12)20-4-2/h7-9,12-13H,3-6,10H2,1-2H3,(H,16,17)(H,18,19). The third-order valence-corrected chi connectivity index (χ3v) is 4.74. The summed E-state index contributed by atoms with van der Waals surface area (Å²) in [5.74, 6) is 1.92. The van der Waals surface area contributed by atoms with Gasteiger partial charge >= 0.3 is 0 Å². The summed E-state index contributed by atoms with van der Waals surface area (Å²) in [4.78, 5) is 16.4. The highest BCUT2D eigenvalue weighted by Crippen LogP contribution is 2.29. The van der Waals surface area contributed by atoms with Gasteiger partial charge in [0, 0.05) is 29.6 Å². The molecule has 110 valence electrons. The third-order valence-electron chi connectivity index (χ3n) is 3.50. The molecule has 20 heavy (non-hydrogen) atoms. The summed E-state index contributed by atoms with van der Waals surface area (Å²) >= 11 is 2.00. The molecule has 0 spiro atoms. The fourth-order valence-electron chi connectivity index (χ4n) is 2.58. The minimum absolute atomic E-state index is 0.0127. The van der Waals surface area contributed by atoms with Gasteiger partial charge in [-0.25, -0.2) is 4.98 Å². The maximum Gasteiger partial charge on any atom is 0.251 e. The lowest BCUT2D eigenvalue weighted by Crippen LogP contribution is -2.33. The first-order valence-electron chi connectivity index (χ1n) is 7.35. The Balaban J connectivity index is 1.90. The monoisotopic (exact) mass is 293 g/mol. The molecule has 0 bridgehead atoms. The zero-order chi connectivity index (χ0) is 14.4. The summed E-state index contributed by atoms with van der Waals surface area (Å²) in [5.41, 5.74) is 0.683. The topological polar surface area (TPSA) is 54.0 Å². The van der Waals surface area contributed by atoms with E-state index in [9.17, 15) is 4.79 Å². The van der Waals surface area contributed by atoms with Crippen LogP contribution in [0, 0.1) is 0 Å². The van der Waals surface area contributed by atoms with Gasteiger partial charge in [-0.05, 0) is 44.1 Å². The van der Waals surface area contributed by atoms with Crippen LogP contribution in [-0.4, -0.2) is 34.5 Å². The molecule has 2 rings (SSSR count). The van der Waals surface area contributed by atoms with Crippen LogP contribution in [-0.2, 0) is 0 Å². The molecule has 1 amide bonds. The molecule has 1 aromatic heterocycles. The maximum absolute atomic E-state index is 12.2. The zero-order valence-corrected chi connectivity index (χ0v) is 13.0. The van der Waals surface area contributed by atoms with Gasteiger partial charge in [-0.15, -0.1) is 0 Å². The van der Waals surface area contributed by atoms with Gasteiger partial charge in [0.25, 0.3) is 5.91 Å². The van der Waals surface area contributed by atoms with Crippen LogP contribution in [0.2, 0.25) is 0 Å². The van der Waals surface area contributed by atoms with E-state index in [4.69, 9.17) is 0 Å². The number of hydrogen-bond acceptors (Lipinski definition) is 4. The molecule has 2 atom stereocenters. The Kier molecular flexibility index (Phi) is 5.71. The van der Waals surface area contributed by atoms with Crippen molar-refractivity contribution in [2.75, 3.05) is 17.6 Å². The van der Waals surface area contributed by atoms with Crippen LogP contribution in [0.3, 0.4) is 0 Å². The molecule has 0 aromatic carbocycles. The summed E-state index contributed by atoms with van der Waals surface area (Å²) in [5, 5.41) is 6.98. The van der Waals surface area contributed by atoms with Crippen LogP contribution in [0.5, 0.6) is 0 Å². The van der Waals surface area contributed by atoms with E-state index in [0.29, 0.717) is 16.9 Å². The molecule has 1 fully saturated rings. The molecule has 0 aliphatic heterocycles. The van der Waals surface area contributed by atoms with Gasteiger partial charge in [0.2, 0.25) is 0 Å². The Morgan fingerprint density at radius 2 is 2.30 bits per heavy atom. The molecule has 1 aromatic rings. The van der Waals surface area contributed by atoms with Crippen LogP contribution in [0.1, 0.15) is 43.5 Å². The smallest absolute Gasteiger partial charge is 0.251 e. The Bertz CT molecular complexity index is 452. The van der Waals surface area contributed by atoms with Gasteiger partial charge in [0.15, 0.2) is 0 Å². The van der Waals surface area contributed by atoms with E-state index in [0.717, 1.165) is 31.0 Å². The van der Waals surface area contributed by atoms with Gasteiger partial charge in [-0.2, -0.15) is 11.8 Å². The lowest BCUT2D eigenvalue weighted by atomic mass is 10.2. The van der Waals surface area contributed by atoms with Crippen LogP contribution < -0.4 is 10.6 Å². The number of carbonyl (C=O) groups is 1. The van der Waals surface area contributed by atoms with E-state index in [1.54, 1.807) is 12.3 Å². The molecule has 1 heterocycles. The summed E-state index contributed by atoms with van der Waals surface area (Å²) in [7, 11) is 0. The number of thioether (sulfide) groups is 1. The molecule has 1 aliphatic rings. The maximum atomic E-state index is 12.2. The number of carbonyl (C=O) groups excluding carboxylic acids is 1. The normalized spacial score (nSPS) is 21.7. The van der Waals surface area contributed by atoms with E-state index in [1.807, 2.05) is 24.8 Å². The quantitative estimate of drug-likeness (QED) is 0.847. The number of hydrogen-bond donors (Lipinski definition) is 2. The first-order valence-corrected chi connectivity index (χ1v) is 8.40. The molecular weight excluding hydrogens is 270 g/mol. The molecule has 0 radical (unpaired) electrons. The molecule has 0 saturated heterocycles. The number of anilines is 1. The van der Waals surface area contributed by atoms with Crippen molar-refractivity contribution >= 4 is 23.5 Å². The molecule has 4 nitrogen and oxygen atoms in total. The van der Waals surface area contributed by atoms with Gasteiger partial charge in [0.05, 0.1) is 0 Å². The van der Waals surface area contributed by atoms with E-state index >= 15 is 0 Å². The SMILES string of the molecule is CCNc1cc(C(=O)NC2CCC(SCC)C2)ccn1. The average Bonchev–Trinajstić information content (AvgIpc) is 2.87. The van der Waals surface area contributed by atoms with Crippen molar-refractivity contribution in [1.82, 2.24) is 10.3 Å². The lowest BCUT2D eigenvalue weighted by molar-refractivity contribution is 0.0938. The molecular formula is C15H23N3OS. The Labute approximate surface area is 125 Å². The van der Waals surface area contributed by atoms with Crippen LogP contribution >= 0.6 is 11.8 Å². The number of amides is 1. The van der Waals surface area contributed by atoms with E-state index in [1.165, 1.54) is 6.42 Å². The Morgan fingerprint density at radius 3 is 3.05 bits per heavy atom. The minimum Gasteiger partial charge on any atom is -0.370 e. The molecule has 2 N–H and O–H groups in total. The summed E-state index contributed by atoms with van der Waals surface area (Å²) in [6.07, 6.45) is 5.07. The van der Waals surface area contributed by atoms with Crippen LogP contribution in [0.25, 0.3) is 0 Å². The van der Waals surface area contributed by atoms with Crippen molar-refractivity contribution < 1.29 is 4.79 Å². The van der Waals surface area contributed by atoms with Crippen molar-refractivity contribution in [3.63, 3.8) is 0 Å². The molecule has 5 heteroatoms. The highest BCUT2D eigenvalue weighted by Gasteiger charge is 2.26. The fourth-order valence-corrected chi connectivity index (χ4v) is 3.72. The van der Waals surface area contributed by atoms with E-state index in [2.05, 4.69) is 22.5 Å². The van der Waals surface area contributed by atoms with Gasteiger partial charge in [-0.3, -0.25) is 4.79 Å². The fraction of sp³-hybridized carbons (Fsp3) is 0.600. The second kappa shape index (κ2) is 7.53. The average molecular weight is 293 g/mol. The van der Waals surface area contributed by atoms with E-state index in [-0.39, 0.29) is 5.91 Å². The third kappa shape index (κ3) is 4.13. The first kappa shape index (κ1) is 15.2.